The van der Waals surface area contributed by atoms with Crippen molar-refractivity contribution in [3.8, 4) is 11.5 Å². The molecule has 40 heavy (non-hydrogen) atoms. The number of anilines is 2. The third-order valence-corrected chi connectivity index (χ3v) is 6.97. The van der Waals surface area contributed by atoms with Crippen molar-refractivity contribution < 1.29 is 23.8 Å². The summed E-state index contributed by atoms with van der Waals surface area (Å²) in [4.78, 5) is 24.3. The van der Waals surface area contributed by atoms with Crippen LogP contribution in [0.2, 0.25) is 0 Å². The molecule has 1 aliphatic rings. The smallest absolute Gasteiger partial charge is 0.338 e. The van der Waals surface area contributed by atoms with Crippen LogP contribution in [0.3, 0.4) is 0 Å². The Balaban J connectivity index is 1.10. The first kappa shape index (κ1) is 28.7. The van der Waals surface area contributed by atoms with Crippen molar-refractivity contribution in [3.63, 3.8) is 0 Å². The molecule has 0 radical (unpaired) electrons. The highest BCUT2D eigenvalue weighted by Crippen LogP contribution is 2.33. The second kappa shape index (κ2) is 14.8. The Kier molecular flexibility index (Phi) is 10.6. The Hall–Kier alpha value is -4.26. The first-order valence-corrected chi connectivity index (χ1v) is 14.0. The van der Waals surface area contributed by atoms with Crippen molar-refractivity contribution in [2.45, 2.75) is 57.3 Å². The molecule has 3 aromatic carbocycles. The van der Waals surface area contributed by atoms with E-state index in [1.807, 2.05) is 36.4 Å². The average Bonchev–Trinajstić information content (AvgIpc) is 2.96. The van der Waals surface area contributed by atoms with Gasteiger partial charge in [-0.3, -0.25) is 0 Å². The monoisotopic (exact) mass is 542 g/mol. The molecule has 0 aliphatic heterocycles. The van der Waals surface area contributed by atoms with Gasteiger partial charge in [-0.05, 0) is 97.7 Å². The van der Waals surface area contributed by atoms with Gasteiger partial charge in [-0.1, -0.05) is 43.5 Å². The first-order valence-electron chi connectivity index (χ1n) is 14.0. The molecule has 1 aliphatic carbocycles. The van der Waals surface area contributed by atoms with Crippen molar-refractivity contribution in [2.75, 3.05) is 24.7 Å². The predicted octanol–water partition coefficient (Wildman–Crippen LogP) is 6.92. The topological polar surface area (TPSA) is 114 Å². The summed E-state index contributed by atoms with van der Waals surface area (Å²) < 4.78 is 16.5. The van der Waals surface area contributed by atoms with Crippen LogP contribution in [0.4, 0.5) is 11.4 Å². The van der Waals surface area contributed by atoms with E-state index >= 15 is 0 Å². The van der Waals surface area contributed by atoms with Crippen molar-refractivity contribution >= 4 is 29.4 Å². The lowest BCUT2D eigenvalue weighted by Crippen LogP contribution is -2.08. The zero-order valence-corrected chi connectivity index (χ0v) is 22.8. The van der Waals surface area contributed by atoms with Crippen molar-refractivity contribution in [2.24, 2.45) is 0 Å². The quantitative estimate of drug-likeness (QED) is 0.0839. The van der Waals surface area contributed by atoms with Crippen LogP contribution in [0.1, 0.15) is 78.8 Å². The van der Waals surface area contributed by atoms with Crippen molar-refractivity contribution in [1.29, 1.82) is 0 Å². The van der Waals surface area contributed by atoms with E-state index in [1.54, 1.807) is 24.3 Å². The molecule has 0 spiro atoms. The molecule has 3 aromatic rings. The Morgan fingerprint density at radius 3 is 2.12 bits per heavy atom. The lowest BCUT2D eigenvalue weighted by molar-refractivity contribution is -0.128. The van der Waals surface area contributed by atoms with Crippen LogP contribution in [0, 0.1) is 0 Å². The minimum absolute atomic E-state index is 0.322. The Bertz CT molecular complexity index is 1260. The van der Waals surface area contributed by atoms with E-state index in [9.17, 15) is 9.59 Å². The van der Waals surface area contributed by atoms with Gasteiger partial charge in [0.05, 0.1) is 18.8 Å². The van der Waals surface area contributed by atoms with E-state index in [4.69, 9.17) is 25.7 Å². The fourth-order valence-corrected chi connectivity index (χ4v) is 4.85. The molecule has 7 nitrogen and oxygen atoms in total. The second-order valence-electron chi connectivity index (χ2n) is 10.2. The number of nitrogens with two attached hydrogens (primary N) is 2. The van der Waals surface area contributed by atoms with Gasteiger partial charge >= 0.3 is 11.9 Å². The minimum atomic E-state index is -0.429. The van der Waals surface area contributed by atoms with Gasteiger partial charge in [-0.2, -0.15) is 0 Å². The Morgan fingerprint density at radius 2 is 1.43 bits per heavy atom. The number of carbonyl (C=O) groups excluding carboxylic acids is 2. The summed E-state index contributed by atoms with van der Waals surface area (Å²) in [6.07, 6.45) is 12.0. The molecule has 1 fully saturated rings. The summed E-state index contributed by atoms with van der Waals surface area (Å²) in [5.74, 6) is 1.10. The largest absolute Gasteiger partial charge is 0.494 e. The molecule has 0 unspecified atom stereocenters. The highest BCUT2D eigenvalue weighted by Gasteiger charge is 2.15. The average molecular weight is 543 g/mol. The lowest BCUT2D eigenvalue weighted by Gasteiger charge is -2.21. The fourth-order valence-electron chi connectivity index (χ4n) is 4.85. The van der Waals surface area contributed by atoms with Crippen LogP contribution >= 0.6 is 0 Å². The molecular formula is C33H38N2O5. The summed E-state index contributed by atoms with van der Waals surface area (Å²) in [6.45, 7) is 0.878. The standard InChI is InChI=1S/C33H38N2O5/c34-28-21-27(22-29(35)23-28)33(37)39-20-6-2-5-19-38-30-14-9-24(10-15-30)11-18-32(36)40-31-16-12-26(13-17-31)25-7-3-1-4-8-25/h9-18,21-23,25H,1-8,19-20,34-35H2. The highest BCUT2D eigenvalue weighted by molar-refractivity contribution is 5.91. The maximum absolute atomic E-state index is 12.3. The van der Waals surface area contributed by atoms with E-state index in [0.717, 1.165) is 30.6 Å². The number of hydrogen-bond donors (Lipinski definition) is 2. The van der Waals surface area contributed by atoms with Crippen LogP contribution < -0.4 is 20.9 Å². The number of nitrogen functional groups attached to an aromatic ring is 2. The molecule has 0 atom stereocenters. The van der Waals surface area contributed by atoms with Gasteiger partial charge in [0.15, 0.2) is 0 Å². The lowest BCUT2D eigenvalue weighted by atomic mass is 9.84. The maximum Gasteiger partial charge on any atom is 0.338 e. The molecule has 0 heterocycles. The fraction of sp³-hybridized carbons (Fsp3) is 0.333. The predicted molar refractivity (Wildman–Crippen MR) is 158 cm³/mol. The molecule has 4 N–H and O–H groups in total. The van der Waals surface area contributed by atoms with Crippen LogP contribution in [0.25, 0.3) is 6.08 Å². The SMILES string of the molecule is Nc1cc(N)cc(C(=O)OCCCCCOc2ccc(C=CC(=O)Oc3ccc(C4CCCCC4)cc3)cc2)c1. The third-order valence-electron chi connectivity index (χ3n) is 6.97. The normalized spacial score (nSPS) is 13.7. The zero-order valence-electron chi connectivity index (χ0n) is 22.8. The summed E-state index contributed by atoms with van der Waals surface area (Å²) in [5, 5.41) is 0. The number of benzene rings is 3. The van der Waals surface area contributed by atoms with Gasteiger partial charge in [0, 0.05) is 17.5 Å². The molecule has 0 bridgehead atoms. The van der Waals surface area contributed by atoms with Gasteiger partial charge < -0.3 is 25.7 Å². The van der Waals surface area contributed by atoms with Gasteiger partial charge in [-0.15, -0.1) is 0 Å². The van der Waals surface area contributed by atoms with Crippen LogP contribution in [-0.2, 0) is 9.53 Å². The van der Waals surface area contributed by atoms with E-state index in [-0.39, 0.29) is 0 Å². The van der Waals surface area contributed by atoms with E-state index in [2.05, 4.69) is 12.1 Å². The van der Waals surface area contributed by atoms with Crippen LogP contribution in [0.5, 0.6) is 11.5 Å². The number of esters is 2. The van der Waals surface area contributed by atoms with Gasteiger partial charge in [0.1, 0.15) is 11.5 Å². The third kappa shape index (κ3) is 9.19. The molecule has 4 rings (SSSR count). The van der Waals surface area contributed by atoms with E-state index in [0.29, 0.717) is 41.8 Å². The zero-order chi connectivity index (χ0) is 28.2. The summed E-state index contributed by atoms with van der Waals surface area (Å²) >= 11 is 0. The first-order chi connectivity index (χ1) is 19.5. The number of carbonyl (C=O) groups is 2. The molecule has 0 aromatic heterocycles. The maximum atomic E-state index is 12.3. The number of unbranched alkanes of at least 4 members (excludes halogenated alkanes) is 2. The summed E-state index contributed by atoms with van der Waals surface area (Å²) in [6, 6.07) is 20.1. The summed E-state index contributed by atoms with van der Waals surface area (Å²) in [5.41, 5.74) is 14.9. The van der Waals surface area contributed by atoms with Gasteiger partial charge in [-0.25, -0.2) is 9.59 Å². The Labute approximate surface area is 236 Å². The summed E-state index contributed by atoms with van der Waals surface area (Å²) in [7, 11) is 0. The van der Waals surface area contributed by atoms with Gasteiger partial charge in [0.2, 0.25) is 0 Å². The van der Waals surface area contributed by atoms with Crippen LogP contribution in [-0.4, -0.2) is 25.2 Å². The molecular weight excluding hydrogens is 504 g/mol. The Morgan fingerprint density at radius 1 is 0.775 bits per heavy atom. The van der Waals surface area contributed by atoms with Crippen molar-refractivity contribution in [3.05, 3.63) is 89.5 Å². The number of ether oxygens (including phenoxy) is 3. The minimum Gasteiger partial charge on any atom is -0.494 e. The number of hydrogen-bond acceptors (Lipinski definition) is 7. The number of rotatable bonds is 12. The van der Waals surface area contributed by atoms with E-state index in [1.165, 1.54) is 43.7 Å². The molecule has 7 heteroatoms. The van der Waals surface area contributed by atoms with Crippen molar-refractivity contribution in [1.82, 2.24) is 0 Å². The van der Waals surface area contributed by atoms with Crippen LogP contribution in [0.15, 0.2) is 72.8 Å². The highest BCUT2D eigenvalue weighted by atomic mass is 16.5. The van der Waals surface area contributed by atoms with Gasteiger partial charge in [0.25, 0.3) is 0 Å². The molecule has 0 saturated heterocycles. The van der Waals surface area contributed by atoms with E-state index < -0.39 is 11.9 Å². The second-order valence-corrected chi connectivity index (χ2v) is 10.2. The molecule has 0 amide bonds. The molecule has 210 valence electrons. The molecule has 1 saturated carbocycles.